The standard InChI is InChI=1S/C14H12BrN3O3S/c15-11-4-3-9(22-11)8-16-12(19)5-6-13-17-14(18-21-13)10-2-1-7-20-10/h1-4,7H,5-6,8H2,(H,16,19). The van der Waals surface area contributed by atoms with Crippen LogP contribution in [-0.4, -0.2) is 16.0 Å². The quantitative estimate of drug-likeness (QED) is 0.707. The van der Waals surface area contributed by atoms with E-state index in [0.29, 0.717) is 36.9 Å². The van der Waals surface area contributed by atoms with Crippen molar-refractivity contribution in [1.29, 1.82) is 0 Å². The summed E-state index contributed by atoms with van der Waals surface area (Å²) in [6, 6.07) is 7.44. The molecule has 1 N–H and O–H groups in total. The van der Waals surface area contributed by atoms with Crippen molar-refractivity contribution in [2.75, 3.05) is 0 Å². The van der Waals surface area contributed by atoms with Gasteiger partial charge in [0.15, 0.2) is 5.76 Å². The van der Waals surface area contributed by atoms with E-state index >= 15 is 0 Å². The van der Waals surface area contributed by atoms with Crippen molar-refractivity contribution in [1.82, 2.24) is 15.5 Å². The zero-order valence-electron chi connectivity index (χ0n) is 11.4. The number of thiophene rings is 1. The van der Waals surface area contributed by atoms with Gasteiger partial charge in [-0.15, -0.1) is 11.3 Å². The minimum Gasteiger partial charge on any atom is -0.461 e. The Morgan fingerprint density at radius 3 is 3.00 bits per heavy atom. The van der Waals surface area contributed by atoms with Crippen LogP contribution in [0, 0.1) is 0 Å². The zero-order chi connectivity index (χ0) is 15.4. The molecule has 0 fully saturated rings. The summed E-state index contributed by atoms with van der Waals surface area (Å²) in [5.41, 5.74) is 0. The van der Waals surface area contributed by atoms with Gasteiger partial charge in [-0.25, -0.2) is 0 Å². The molecule has 6 nitrogen and oxygen atoms in total. The molecule has 3 aromatic heterocycles. The average molecular weight is 382 g/mol. The minimum atomic E-state index is -0.0535. The highest BCUT2D eigenvalue weighted by molar-refractivity contribution is 9.11. The lowest BCUT2D eigenvalue weighted by Gasteiger charge is -2.01. The summed E-state index contributed by atoms with van der Waals surface area (Å²) in [5.74, 6) is 1.30. The maximum Gasteiger partial charge on any atom is 0.238 e. The summed E-state index contributed by atoms with van der Waals surface area (Å²) >= 11 is 4.99. The van der Waals surface area contributed by atoms with E-state index in [1.165, 1.54) is 0 Å². The van der Waals surface area contributed by atoms with Gasteiger partial charge < -0.3 is 14.3 Å². The zero-order valence-corrected chi connectivity index (χ0v) is 13.8. The number of aromatic nitrogens is 2. The Hall–Kier alpha value is -1.93. The van der Waals surface area contributed by atoms with Crippen LogP contribution in [0.15, 0.2) is 43.3 Å². The minimum absolute atomic E-state index is 0.0535. The summed E-state index contributed by atoms with van der Waals surface area (Å²) in [4.78, 5) is 17.1. The molecule has 0 aliphatic carbocycles. The van der Waals surface area contributed by atoms with Crippen molar-refractivity contribution >= 4 is 33.2 Å². The Bertz CT molecular complexity index is 751. The van der Waals surface area contributed by atoms with E-state index in [2.05, 4.69) is 31.4 Å². The maximum atomic E-state index is 11.8. The fourth-order valence-corrected chi connectivity index (χ4v) is 3.23. The van der Waals surface area contributed by atoms with E-state index in [9.17, 15) is 4.79 Å². The number of carbonyl (C=O) groups excluding carboxylic acids is 1. The Labute approximate surface area is 138 Å². The van der Waals surface area contributed by atoms with Gasteiger partial charge in [0.25, 0.3) is 0 Å². The van der Waals surface area contributed by atoms with Crippen LogP contribution in [0.2, 0.25) is 0 Å². The summed E-state index contributed by atoms with van der Waals surface area (Å²) in [6.45, 7) is 0.524. The molecule has 0 aliphatic rings. The summed E-state index contributed by atoms with van der Waals surface area (Å²) in [7, 11) is 0. The van der Waals surface area contributed by atoms with Crippen molar-refractivity contribution in [3.8, 4) is 11.6 Å². The smallest absolute Gasteiger partial charge is 0.238 e. The van der Waals surface area contributed by atoms with Gasteiger partial charge in [0, 0.05) is 17.7 Å². The first-order valence-electron chi connectivity index (χ1n) is 6.58. The van der Waals surface area contributed by atoms with Crippen LogP contribution in [-0.2, 0) is 17.8 Å². The topological polar surface area (TPSA) is 81.2 Å². The molecule has 0 saturated carbocycles. The van der Waals surface area contributed by atoms with Gasteiger partial charge in [-0.3, -0.25) is 4.79 Å². The summed E-state index contributed by atoms with van der Waals surface area (Å²) < 4.78 is 11.3. The Morgan fingerprint density at radius 1 is 1.36 bits per heavy atom. The van der Waals surface area contributed by atoms with Gasteiger partial charge in [0.1, 0.15) is 0 Å². The summed E-state index contributed by atoms with van der Waals surface area (Å²) in [6.07, 6.45) is 2.24. The maximum absolute atomic E-state index is 11.8. The van der Waals surface area contributed by atoms with Crippen molar-refractivity contribution in [2.24, 2.45) is 0 Å². The Kier molecular flexibility index (Phi) is 4.69. The second-order valence-corrected chi connectivity index (χ2v) is 7.02. The van der Waals surface area contributed by atoms with Crippen LogP contribution in [0.1, 0.15) is 17.2 Å². The molecule has 0 saturated heterocycles. The van der Waals surface area contributed by atoms with Gasteiger partial charge >= 0.3 is 0 Å². The third-order valence-corrected chi connectivity index (χ3v) is 4.49. The number of amides is 1. The number of nitrogens with zero attached hydrogens (tertiary/aromatic N) is 2. The molecule has 3 heterocycles. The van der Waals surface area contributed by atoms with Crippen molar-refractivity contribution in [3.63, 3.8) is 0 Å². The molecule has 0 spiro atoms. The highest BCUT2D eigenvalue weighted by Crippen LogP contribution is 2.21. The Balaban J connectivity index is 1.47. The molecule has 22 heavy (non-hydrogen) atoms. The van der Waals surface area contributed by atoms with Gasteiger partial charge in [-0.2, -0.15) is 4.98 Å². The van der Waals surface area contributed by atoms with Crippen LogP contribution >= 0.6 is 27.3 Å². The van der Waals surface area contributed by atoms with Crippen LogP contribution in [0.4, 0.5) is 0 Å². The molecule has 0 unspecified atom stereocenters. The first kappa shape index (κ1) is 15.0. The van der Waals surface area contributed by atoms with Gasteiger partial charge in [0.05, 0.1) is 16.6 Å². The van der Waals surface area contributed by atoms with Crippen molar-refractivity contribution < 1.29 is 13.7 Å². The molecule has 114 valence electrons. The molecule has 1 amide bonds. The lowest BCUT2D eigenvalue weighted by molar-refractivity contribution is -0.121. The molecule has 0 aromatic carbocycles. The number of hydrogen-bond donors (Lipinski definition) is 1. The van der Waals surface area contributed by atoms with E-state index in [1.807, 2.05) is 12.1 Å². The van der Waals surface area contributed by atoms with Crippen molar-refractivity contribution in [2.45, 2.75) is 19.4 Å². The number of furan rings is 1. The van der Waals surface area contributed by atoms with Gasteiger partial charge in [0.2, 0.25) is 17.6 Å². The highest BCUT2D eigenvalue weighted by Gasteiger charge is 2.12. The molecule has 3 aromatic rings. The number of rotatable bonds is 6. The van der Waals surface area contributed by atoms with Crippen LogP contribution in [0.5, 0.6) is 0 Å². The molecule has 3 rings (SSSR count). The second kappa shape index (κ2) is 6.89. The van der Waals surface area contributed by atoms with Crippen LogP contribution in [0.25, 0.3) is 11.6 Å². The Morgan fingerprint density at radius 2 is 2.27 bits per heavy atom. The van der Waals surface area contributed by atoms with Crippen molar-refractivity contribution in [3.05, 3.63) is 45.1 Å². The predicted octanol–water partition coefficient (Wildman–Crippen LogP) is 3.40. The fourth-order valence-electron chi connectivity index (χ4n) is 1.80. The largest absolute Gasteiger partial charge is 0.461 e. The van der Waals surface area contributed by atoms with Gasteiger partial charge in [-0.05, 0) is 40.2 Å². The second-order valence-electron chi connectivity index (χ2n) is 4.47. The van der Waals surface area contributed by atoms with Gasteiger partial charge in [-0.1, -0.05) is 5.16 Å². The third kappa shape index (κ3) is 3.83. The van der Waals surface area contributed by atoms with E-state index in [4.69, 9.17) is 8.94 Å². The number of hydrogen-bond acceptors (Lipinski definition) is 6. The van der Waals surface area contributed by atoms with E-state index in [0.717, 1.165) is 8.66 Å². The van der Waals surface area contributed by atoms with E-state index in [-0.39, 0.29) is 5.91 Å². The third-order valence-electron chi connectivity index (χ3n) is 2.86. The molecule has 0 atom stereocenters. The average Bonchev–Trinajstić information content (AvgIpc) is 3.23. The SMILES string of the molecule is O=C(CCc1nc(-c2ccco2)no1)NCc1ccc(Br)s1. The van der Waals surface area contributed by atoms with Crippen LogP contribution < -0.4 is 5.32 Å². The lowest BCUT2D eigenvalue weighted by atomic mass is 10.3. The number of halogens is 1. The number of aryl methyl sites for hydroxylation is 1. The molecular formula is C14H12BrN3O3S. The van der Waals surface area contributed by atoms with Crippen LogP contribution in [0.3, 0.4) is 0 Å². The van der Waals surface area contributed by atoms with E-state index in [1.54, 1.807) is 29.7 Å². The molecule has 0 radical (unpaired) electrons. The molecular weight excluding hydrogens is 370 g/mol. The summed E-state index contributed by atoms with van der Waals surface area (Å²) in [5, 5.41) is 6.68. The predicted molar refractivity (Wildman–Crippen MR) is 84.2 cm³/mol. The molecule has 0 bridgehead atoms. The number of carbonyl (C=O) groups is 1. The highest BCUT2D eigenvalue weighted by atomic mass is 79.9. The molecule has 0 aliphatic heterocycles. The normalized spacial score (nSPS) is 10.8. The first-order valence-corrected chi connectivity index (χ1v) is 8.19. The number of nitrogens with one attached hydrogen (secondary N) is 1. The van der Waals surface area contributed by atoms with E-state index < -0.39 is 0 Å². The molecule has 8 heteroatoms. The lowest BCUT2D eigenvalue weighted by Crippen LogP contribution is -2.22. The fraction of sp³-hybridized carbons (Fsp3) is 0.214. The first-order chi connectivity index (χ1) is 10.7. The monoisotopic (exact) mass is 381 g/mol.